The van der Waals surface area contributed by atoms with Gasteiger partial charge in [-0.05, 0) is 26.2 Å². The summed E-state index contributed by atoms with van der Waals surface area (Å²) < 4.78 is 4.28. The Labute approximate surface area is 119 Å². The standard InChI is InChI=1S/C14H23ClN4/c1-7-18-13-12(9(2)17-18)16-11(8-15)19(13)10(3)14(4,5)6/h10H,7-8H2,1-6H3. The lowest BCUT2D eigenvalue weighted by atomic mass is 9.88. The van der Waals surface area contributed by atoms with Crippen LogP contribution in [0, 0.1) is 12.3 Å². The van der Waals surface area contributed by atoms with E-state index in [4.69, 9.17) is 11.6 Å². The highest BCUT2D eigenvalue weighted by Crippen LogP contribution is 2.35. The number of rotatable bonds is 3. The summed E-state index contributed by atoms with van der Waals surface area (Å²) in [7, 11) is 0. The molecule has 0 spiro atoms. The quantitative estimate of drug-likeness (QED) is 0.800. The highest BCUT2D eigenvalue weighted by molar-refractivity contribution is 6.16. The minimum absolute atomic E-state index is 0.144. The minimum atomic E-state index is 0.144. The monoisotopic (exact) mass is 282 g/mol. The molecule has 106 valence electrons. The van der Waals surface area contributed by atoms with Crippen LogP contribution in [0.5, 0.6) is 0 Å². The number of imidazole rings is 1. The summed E-state index contributed by atoms with van der Waals surface area (Å²) in [5, 5.41) is 4.56. The van der Waals surface area contributed by atoms with Gasteiger partial charge in [-0.25, -0.2) is 9.67 Å². The zero-order chi connectivity index (χ0) is 14.4. The Morgan fingerprint density at radius 3 is 2.42 bits per heavy atom. The molecular formula is C14H23ClN4. The van der Waals surface area contributed by atoms with E-state index < -0.39 is 0 Å². The van der Waals surface area contributed by atoms with E-state index in [0.717, 1.165) is 29.2 Å². The van der Waals surface area contributed by atoms with Crippen molar-refractivity contribution < 1.29 is 0 Å². The third-order valence-electron chi connectivity index (χ3n) is 3.88. The van der Waals surface area contributed by atoms with E-state index in [9.17, 15) is 0 Å². The first-order valence-electron chi connectivity index (χ1n) is 6.81. The van der Waals surface area contributed by atoms with Crippen molar-refractivity contribution >= 4 is 22.8 Å². The molecule has 0 bridgehead atoms. The summed E-state index contributed by atoms with van der Waals surface area (Å²) in [6.07, 6.45) is 0. The van der Waals surface area contributed by atoms with E-state index in [2.05, 4.69) is 49.3 Å². The second-order valence-corrected chi connectivity index (χ2v) is 6.41. The summed E-state index contributed by atoms with van der Waals surface area (Å²) in [6, 6.07) is 0.313. The lowest BCUT2D eigenvalue weighted by Crippen LogP contribution is -2.24. The minimum Gasteiger partial charge on any atom is -0.309 e. The molecule has 19 heavy (non-hydrogen) atoms. The molecule has 2 heterocycles. The van der Waals surface area contributed by atoms with E-state index in [1.807, 2.05) is 11.6 Å². The van der Waals surface area contributed by atoms with Crippen molar-refractivity contribution in [3.63, 3.8) is 0 Å². The molecule has 0 aliphatic heterocycles. The zero-order valence-corrected chi connectivity index (χ0v) is 13.4. The second-order valence-electron chi connectivity index (χ2n) is 6.15. The lowest BCUT2D eigenvalue weighted by Gasteiger charge is -2.30. The molecule has 2 rings (SSSR count). The number of nitrogens with zero attached hydrogens (tertiary/aromatic N) is 4. The normalized spacial score (nSPS) is 14.3. The van der Waals surface area contributed by atoms with Crippen molar-refractivity contribution in [1.29, 1.82) is 0 Å². The van der Waals surface area contributed by atoms with Gasteiger partial charge in [0.15, 0.2) is 5.65 Å². The molecule has 2 aromatic heterocycles. The molecule has 0 aliphatic carbocycles. The van der Waals surface area contributed by atoms with Gasteiger partial charge in [0.1, 0.15) is 11.3 Å². The second kappa shape index (κ2) is 4.82. The molecule has 5 heteroatoms. The van der Waals surface area contributed by atoms with E-state index >= 15 is 0 Å². The van der Waals surface area contributed by atoms with Crippen LogP contribution in [0.15, 0.2) is 0 Å². The van der Waals surface area contributed by atoms with Gasteiger partial charge in [-0.15, -0.1) is 11.6 Å². The van der Waals surface area contributed by atoms with E-state index in [0.29, 0.717) is 11.9 Å². The average Bonchev–Trinajstić information content (AvgIpc) is 2.85. The van der Waals surface area contributed by atoms with Crippen LogP contribution < -0.4 is 0 Å². The smallest absolute Gasteiger partial charge is 0.159 e. The van der Waals surface area contributed by atoms with Crippen LogP contribution >= 0.6 is 11.6 Å². The molecule has 0 saturated carbocycles. The van der Waals surface area contributed by atoms with Gasteiger partial charge in [0, 0.05) is 12.6 Å². The molecule has 4 nitrogen and oxygen atoms in total. The lowest BCUT2D eigenvalue weighted by molar-refractivity contribution is 0.261. The first kappa shape index (κ1) is 14.4. The van der Waals surface area contributed by atoms with Crippen molar-refractivity contribution in [2.75, 3.05) is 0 Å². The van der Waals surface area contributed by atoms with Crippen molar-refractivity contribution in [1.82, 2.24) is 19.3 Å². The van der Waals surface area contributed by atoms with Gasteiger partial charge in [0.05, 0.1) is 11.6 Å². The van der Waals surface area contributed by atoms with E-state index in [1.165, 1.54) is 0 Å². The predicted octanol–water partition coefficient (Wildman–Crippen LogP) is 3.91. The van der Waals surface area contributed by atoms with Gasteiger partial charge in [0.2, 0.25) is 0 Å². The van der Waals surface area contributed by atoms with Crippen molar-refractivity contribution in [3.05, 3.63) is 11.5 Å². The number of aryl methyl sites for hydroxylation is 2. The van der Waals surface area contributed by atoms with Gasteiger partial charge in [-0.1, -0.05) is 20.8 Å². The topological polar surface area (TPSA) is 35.6 Å². The average molecular weight is 283 g/mol. The van der Waals surface area contributed by atoms with Crippen LogP contribution in [0.4, 0.5) is 0 Å². The SMILES string of the molecule is CCn1nc(C)c2nc(CCl)n(C(C)C(C)(C)C)c21. The fourth-order valence-corrected chi connectivity index (χ4v) is 2.53. The molecule has 2 aromatic rings. The van der Waals surface area contributed by atoms with Crippen LogP contribution in [0.2, 0.25) is 0 Å². The maximum Gasteiger partial charge on any atom is 0.159 e. The molecule has 0 aliphatic rings. The maximum absolute atomic E-state index is 6.09. The van der Waals surface area contributed by atoms with Gasteiger partial charge >= 0.3 is 0 Å². The van der Waals surface area contributed by atoms with Crippen LogP contribution in [-0.4, -0.2) is 19.3 Å². The number of hydrogen-bond donors (Lipinski definition) is 0. The van der Waals surface area contributed by atoms with Crippen molar-refractivity contribution in [2.45, 2.75) is 60.0 Å². The maximum atomic E-state index is 6.09. The number of alkyl halides is 1. The van der Waals surface area contributed by atoms with E-state index in [-0.39, 0.29) is 5.41 Å². The molecule has 1 atom stereocenters. The Morgan fingerprint density at radius 1 is 1.32 bits per heavy atom. The molecular weight excluding hydrogens is 260 g/mol. The molecule has 1 unspecified atom stereocenters. The zero-order valence-electron chi connectivity index (χ0n) is 12.7. The predicted molar refractivity (Wildman–Crippen MR) is 79.7 cm³/mol. The Kier molecular flexibility index (Phi) is 3.65. The highest BCUT2D eigenvalue weighted by Gasteiger charge is 2.28. The Morgan fingerprint density at radius 2 is 1.95 bits per heavy atom. The van der Waals surface area contributed by atoms with Gasteiger partial charge in [-0.3, -0.25) is 0 Å². The molecule has 0 saturated heterocycles. The fourth-order valence-electron chi connectivity index (χ4n) is 2.34. The number of halogens is 1. The Bertz CT molecular complexity index is 589. The summed E-state index contributed by atoms with van der Waals surface area (Å²) in [4.78, 5) is 4.68. The van der Waals surface area contributed by atoms with Crippen molar-refractivity contribution in [2.24, 2.45) is 5.41 Å². The van der Waals surface area contributed by atoms with Crippen LogP contribution in [-0.2, 0) is 12.4 Å². The summed E-state index contributed by atoms with van der Waals surface area (Å²) >= 11 is 6.09. The van der Waals surface area contributed by atoms with Gasteiger partial charge in [-0.2, -0.15) is 5.10 Å². The van der Waals surface area contributed by atoms with Crippen molar-refractivity contribution in [3.8, 4) is 0 Å². The number of fused-ring (bicyclic) bond motifs is 1. The first-order chi connectivity index (χ1) is 8.81. The summed E-state index contributed by atoms with van der Waals surface area (Å²) in [5.74, 6) is 1.36. The molecule has 0 amide bonds. The van der Waals surface area contributed by atoms with Gasteiger partial charge in [0.25, 0.3) is 0 Å². The van der Waals surface area contributed by atoms with Crippen LogP contribution in [0.1, 0.15) is 52.2 Å². The number of aromatic nitrogens is 4. The summed E-state index contributed by atoms with van der Waals surface area (Å²) in [6.45, 7) is 13.9. The molecule has 0 radical (unpaired) electrons. The summed E-state index contributed by atoms with van der Waals surface area (Å²) in [5.41, 5.74) is 3.19. The molecule has 0 aromatic carbocycles. The molecule has 0 fully saturated rings. The van der Waals surface area contributed by atoms with Crippen LogP contribution in [0.3, 0.4) is 0 Å². The first-order valence-corrected chi connectivity index (χ1v) is 7.34. The van der Waals surface area contributed by atoms with E-state index in [1.54, 1.807) is 0 Å². The molecule has 0 N–H and O–H groups in total. The van der Waals surface area contributed by atoms with Gasteiger partial charge < -0.3 is 4.57 Å². The Hall–Kier alpha value is -1.03. The third kappa shape index (κ3) is 2.27. The largest absolute Gasteiger partial charge is 0.309 e. The fraction of sp³-hybridized carbons (Fsp3) is 0.714. The third-order valence-corrected chi connectivity index (χ3v) is 4.12. The number of hydrogen-bond acceptors (Lipinski definition) is 2. The highest BCUT2D eigenvalue weighted by atomic mass is 35.5. The Balaban J connectivity index is 2.76. The van der Waals surface area contributed by atoms with Crippen LogP contribution in [0.25, 0.3) is 11.2 Å².